The zero-order valence-electron chi connectivity index (χ0n) is 23.2. The highest BCUT2D eigenvalue weighted by Gasteiger charge is 2.49. The number of nitrogen functional groups attached to an aromatic ring is 1. The largest absolute Gasteiger partial charge is 0.469 e. The number of nitrogens with zero attached hydrogens (tertiary/aromatic N) is 5. The van der Waals surface area contributed by atoms with E-state index in [-0.39, 0.29) is 79.3 Å². The number of thiophene rings is 1. The fourth-order valence-electron chi connectivity index (χ4n) is 6.75. The molecule has 0 saturated carbocycles. The predicted octanol–water partition coefficient (Wildman–Crippen LogP) is 5.27. The third-order valence-corrected chi connectivity index (χ3v) is 10.1. The molecule has 3 N–H and O–H groups in total. The van der Waals surface area contributed by atoms with Crippen molar-refractivity contribution >= 4 is 48.9 Å². The van der Waals surface area contributed by atoms with Crippen LogP contribution in [0.15, 0.2) is 18.2 Å². The summed E-state index contributed by atoms with van der Waals surface area (Å²) in [6, 6.07) is 8.23. The molecule has 3 aliphatic rings. The molecule has 44 heavy (non-hydrogen) atoms. The summed E-state index contributed by atoms with van der Waals surface area (Å²) in [6.45, 7) is 1.58. The molecule has 0 aliphatic carbocycles. The molecule has 2 aromatic carbocycles. The molecule has 0 unspecified atom stereocenters. The predicted molar refractivity (Wildman–Crippen MR) is 160 cm³/mol. The van der Waals surface area contributed by atoms with Gasteiger partial charge in [-0.3, -0.25) is 4.90 Å². The van der Waals surface area contributed by atoms with Crippen molar-refractivity contribution in [1.82, 2.24) is 20.2 Å². The van der Waals surface area contributed by atoms with Gasteiger partial charge in [-0.2, -0.15) is 20.5 Å². The Hall–Kier alpha value is -3.88. The summed E-state index contributed by atoms with van der Waals surface area (Å²) in [4.78, 5) is 11.1. The first-order chi connectivity index (χ1) is 21.2. The van der Waals surface area contributed by atoms with Gasteiger partial charge in [0, 0.05) is 37.0 Å². The number of anilines is 1. The minimum Gasteiger partial charge on any atom is -0.469 e. The van der Waals surface area contributed by atoms with Crippen LogP contribution in [0.4, 0.5) is 18.2 Å². The number of alkyl halides is 2. The number of hydrogen-bond acceptors (Lipinski definition) is 10. The van der Waals surface area contributed by atoms with Crippen LogP contribution in [-0.4, -0.2) is 71.6 Å². The molecule has 226 valence electrons. The summed E-state index contributed by atoms with van der Waals surface area (Å²) in [5.74, 6) is -0.594. The quantitative estimate of drug-likeness (QED) is 0.289. The molecule has 5 heterocycles. The number of benzene rings is 2. The van der Waals surface area contributed by atoms with E-state index in [9.17, 15) is 23.7 Å². The minimum atomic E-state index is -1.30. The van der Waals surface area contributed by atoms with Crippen LogP contribution in [0.1, 0.15) is 30.4 Å². The van der Waals surface area contributed by atoms with Crippen LogP contribution >= 0.6 is 22.9 Å². The Morgan fingerprint density at radius 2 is 2.02 bits per heavy atom. The Morgan fingerprint density at radius 1 is 1.20 bits per heavy atom. The van der Waals surface area contributed by atoms with Crippen molar-refractivity contribution in [1.29, 1.82) is 10.5 Å². The summed E-state index contributed by atoms with van der Waals surface area (Å²) in [6.07, 6.45) is -1.12. The zero-order chi connectivity index (χ0) is 30.7. The van der Waals surface area contributed by atoms with Crippen molar-refractivity contribution in [2.24, 2.45) is 0 Å². The van der Waals surface area contributed by atoms with E-state index < -0.39 is 29.8 Å². The third-order valence-electron chi connectivity index (χ3n) is 8.78. The Morgan fingerprint density at radius 3 is 2.77 bits per heavy atom. The number of nitrogens with two attached hydrogens (primary N) is 1. The highest BCUT2D eigenvalue weighted by Crippen LogP contribution is 2.46. The van der Waals surface area contributed by atoms with Gasteiger partial charge in [-0.1, -0.05) is 17.7 Å². The lowest BCUT2D eigenvalue weighted by molar-refractivity contribution is 0.104. The van der Waals surface area contributed by atoms with Gasteiger partial charge in [0.1, 0.15) is 41.8 Å². The van der Waals surface area contributed by atoms with Gasteiger partial charge in [0.05, 0.1) is 37.3 Å². The molecule has 2 aromatic heterocycles. The summed E-state index contributed by atoms with van der Waals surface area (Å²) in [5.41, 5.74) is 6.27. The lowest BCUT2D eigenvalue weighted by atomic mass is 9.93. The topological polar surface area (TPSA) is 133 Å². The van der Waals surface area contributed by atoms with Crippen molar-refractivity contribution in [3.05, 3.63) is 40.2 Å². The van der Waals surface area contributed by atoms with E-state index in [1.165, 1.54) is 18.2 Å². The van der Waals surface area contributed by atoms with E-state index in [0.29, 0.717) is 18.5 Å². The number of fused-ring (bicyclic) bond motifs is 3. The average molecular weight is 640 g/mol. The smallest absolute Gasteiger partial charge is 0.320 e. The minimum absolute atomic E-state index is 0.00198. The van der Waals surface area contributed by atoms with Crippen molar-refractivity contribution in [2.75, 3.05) is 38.5 Å². The Kier molecular flexibility index (Phi) is 7.17. The highest BCUT2D eigenvalue weighted by atomic mass is 35.5. The van der Waals surface area contributed by atoms with Gasteiger partial charge in [-0.15, -0.1) is 11.3 Å². The molecule has 3 aliphatic heterocycles. The van der Waals surface area contributed by atoms with Crippen molar-refractivity contribution < 1.29 is 22.6 Å². The lowest BCUT2D eigenvalue weighted by Gasteiger charge is -2.30. The fraction of sp³-hybridized carbons (Fsp3) is 0.400. The van der Waals surface area contributed by atoms with E-state index >= 15 is 0 Å². The van der Waals surface area contributed by atoms with Crippen LogP contribution in [-0.2, 0) is 0 Å². The molecular formula is C30H25ClF3N7O2S. The van der Waals surface area contributed by atoms with E-state index in [0.717, 1.165) is 30.7 Å². The van der Waals surface area contributed by atoms with Gasteiger partial charge in [0.2, 0.25) is 5.88 Å². The number of hydrogen-bond donors (Lipinski definition) is 2. The molecule has 3 fully saturated rings. The summed E-state index contributed by atoms with van der Waals surface area (Å²) < 4.78 is 56.2. The van der Waals surface area contributed by atoms with Gasteiger partial charge >= 0.3 is 6.01 Å². The molecule has 0 amide bonds. The number of nitriles is 2. The van der Waals surface area contributed by atoms with Gasteiger partial charge in [-0.25, -0.2) is 13.2 Å². The van der Waals surface area contributed by atoms with Crippen LogP contribution in [0, 0.1) is 28.5 Å². The number of halogens is 4. The highest BCUT2D eigenvalue weighted by molar-refractivity contribution is 7.23. The molecule has 14 heteroatoms. The molecule has 4 atom stereocenters. The maximum atomic E-state index is 14.8. The maximum Gasteiger partial charge on any atom is 0.320 e. The van der Waals surface area contributed by atoms with E-state index in [1.54, 1.807) is 0 Å². The molecule has 7 rings (SSSR count). The first-order valence-corrected chi connectivity index (χ1v) is 15.3. The van der Waals surface area contributed by atoms with Crippen LogP contribution < -0.4 is 20.5 Å². The normalized spacial score (nSPS) is 24.9. The molecule has 4 aromatic rings. The van der Waals surface area contributed by atoms with E-state index in [2.05, 4.69) is 26.3 Å². The third kappa shape index (κ3) is 4.58. The first kappa shape index (κ1) is 28.9. The lowest BCUT2D eigenvalue weighted by Crippen LogP contribution is -2.43. The van der Waals surface area contributed by atoms with Crippen molar-refractivity contribution in [2.45, 2.75) is 43.2 Å². The van der Waals surface area contributed by atoms with E-state index in [1.807, 2.05) is 6.07 Å². The average Bonchev–Trinajstić information content (AvgIpc) is 3.74. The van der Waals surface area contributed by atoms with Crippen molar-refractivity contribution in [3.8, 4) is 35.2 Å². The summed E-state index contributed by atoms with van der Waals surface area (Å²) in [5, 5.41) is 24.0. The van der Waals surface area contributed by atoms with Gasteiger partial charge in [0.25, 0.3) is 0 Å². The van der Waals surface area contributed by atoms with Gasteiger partial charge < -0.3 is 20.5 Å². The first-order valence-electron chi connectivity index (χ1n) is 14.1. The molecule has 9 nitrogen and oxygen atoms in total. The second-order valence-electron chi connectivity index (χ2n) is 11.4. The molecule has 0 radical (unpaired) electrons. The standard InChI is InChI=1S/C30H25ClF3N7O2S/c31-19-6-16-25(17(8-35)23(19)15-2-3-20(33)26-24(15)18(9-36)27(37)44-26)39-29(40-28(16)43-22-11-38-10-21(22)34)42-13-30-4-1-5-41(30)12-14(32)7-30/h2-3,6,14,21-22,38H,1,4-5,7,10-13,37H2/t14-,21-,22+,30+/m1/s1. The Balaban J connectivity index is 1.41. The van der Waals surface area contributed by atoms with Gasteiger partial charge in [-0.05, 0) is 37.1 Å². The fourth-order valence-corrected chi connectivity index (χ4v) is 8.01. The zero-order valence-corrected chi connectivity index (χ0v) is 24.7. The van der Waals surface area contributed by atoms with E-state index in [4.69, 9.17) is 26.8 Å². The van der Waals surface area contributed by atoms with Crippen molar-refractivity contribution in [3.63, 3.8) is 0 Å². The van der Waals surface area contributed by atoms with Gasteiger partial charge in [0.15, 0.2) is 6.17 Å². The molecule has 3 saturated heterocycles. The second kappa shape index (κ2) is 10.9. The van der Waals surface area contributed by atoms with Crippen LogP contribution in [0.2, 0.25) is 5.02 Å². The Bertz CT molecular complexity index is 1910. The summed E-state index contributed by atoms with van der Waals surface area (Å²) in [7, 11) is 0. The van der Waals surface area contributed by atoms with Crippen LogP contribution in [0.3, 0.4) is 0 Å². The Labute approximate surface area is 258 Å². The van der Waals surface area contributed by atoms with Crippen LogP contribution in [0.5, 0.6) is 11.9 Å². The SMILES string of the molecule is N#Cc1c(-c2ccc(F)c3sc(N)c(C#N)c23)c(Cl)cc2c(O[C@H]3CNC[C@H]3F)nc(OC[C@@]34CCCN3C[C@H](F)C4)nc12. The monoisotopic (exact) mass is 639 g/mol. The molecule has 0 spiro atoms. The second-order valence-corrected chi connectivity index (χ2v) is 12.8. The molecule has 0 bridgehead atoms. The number of ether oxygens (including phenoxy) is 2. The molecular weight excluding hydrogens is 615 g/mol. The number of nitrogens with one attached hydrogen (secondary N) is 1. The number of aromatic nitrogens is 2. The number of rotatable bonds is 6. The maximum absolute atomic E-state index is 14.8. The summed E-state index contributed by atoms with van der Waals surface area (Å²) >= 11 is 7.74. The van der Waals surface area contributed by atoms with Crippen LogP contribution in [0.25, 0.3) is 32.1 Å².